The minimum absolute atomic E-state index is 0.122. The van der Waals surface area contributed by atoms with Gasteiger partial charge in [-0.2, -0.15) is 23.5 Å². The van der Waals surface area contributed by atoms with E-state index >= 15 is 0 Å². The molecular weight excluding hydrogens is 474 g/mol. The second-order valence-electron chi connectivity index (χ2n) is 7.17. The zero-order valence-corrected chi connectivity index (χ0v) is 18.3. The zero-order valence-electron chi connectivity index (χ0n) is 17.5. The molecule has 0 aliphatic rings. The maximum atomic E-state index is 13.2. The Balaban J connectivity index is 1.58. The van der Waals surface area contributed by atoms with Crippen LogP contribution in [0.15, 0.2) is 48.5 Å². The molecule has 3 N–H and O–H groups in total. The van der Waals surface area contributed by atoms with E-state index < -0.39 is 28.5 Å². The van der Waals surface area contributed by atoms with Crippen LogP contribution in [-0.2, 0) is 17.4 Å². The smallest absolute Gasteiger partial charge is 0.382 e. The van der Waals surface area contributed by atoms with Crippen LogP contribution >= 0.6 is 11.6 Å². The number of halogens is 5. The standard InChI is InChI=1S/C23H18ClF4N5O/c24-19-9-3-14(12-18(19)23(26,27)28)4-10-21(34)31-11-1-2-20-17(13-29)22(30)33(32-20)16-7-5-15(25)6-8-16/h3-10,12H,1-2,11,30H2,(H,31,34). The van der Waals surface area contributed by atoms with Crippen molar-refractivity contribution in [3.05, 3.63) is 81.8 Å². The van der Waals surface area contributed by atoms with E-state index in [-0.39, 0.29) is 23.5 Å². The van der Waals surface area contributed by atoms with E-state index in [4.69, 9.17) is 17.3 Å². The fourth-order valence-corrected chi connectivity index (χ4v) is 3.34. The molecule has 0 saturated heterocycles. The average Bonchev–Trinajstić information content (AvgIpc) is 3.11. The minimum Gasteiger partial charge on any atom is -0.382 e. The predicted octanol–water partition coefficient (Wildman–Crippen LogP) is 4.90. The molecule has 0 aliphatic heterocycles. The number of hydrogen-bond acceptors (Lipinski definition) is 4. The van der Waals surface area contributed by atoms with Crippen LogP contribution in [0.5, 0.6) is 0 Å². The van der Waals surface area contributed by atoms with E-state index in [0.29, 0.717) is 24.2 Å². The van der Waals surface area contributed by atoms with Gasteiger partial charge in [0.2, 0.25) is 5.91 Å². The first kappa shape index (κ1) is 24.8. The minimum atomic E-state index is -4.60. The second-order valence-corrected chi connectivity index (χ2v) is 7.58. The number of nitrogens with one attached hydrogen (secondary N) is 1. The summed E-state index contributed by atoms with van der Waals surface area (Å²) in [4.78, 5) is 12.0. The Bertz CT molecular complexity index is 1260. The van der Waals surface area contributed by atoms with Crippen LogP contribution in [0.4, 0.5) is 23.4 Å². The summed E-state index contributed by atoms with van der Waals surface area (Å²) in [5, 5.41) is 15.9. The van der Waals surface area contributed by atoms with Gasteiger partial charge in [0.25, 0.3) is 0 Å². The lowest BCUT2D eigenvalue weighted by atomic mass is 10.1. The Labute approximate surface area is 197 Å². The second kappa shape index (κ2) is 10.4. The fourth-order valence-electron chi connectivity index (χ4n) is 3.12. The van der Waals surface area contributed by atoms with E-state index in [1.165, 1.54) is 41.1 Å². The third-order valence-corrected chi connectivity index (χ3v) is 5.12. The molecule has 3 aromatic rings. The number of nitrogen functional groups attached to an aromatic ring is 1. The number of benzene rings is 2. The molecule has 1 amide bonds. The van der Waals surface area contributed by atoms with E-state index in [1.54, 1.807) is 0 Å². The number of amides is 1. The molecule has 2 aromatic carbocycles. The summed E-state index contributed by atoms with van der Waals surface area (Å²) in [6.45, 7) is 0.228. The molecule has 1 heterocycles. The van der Waals surface area contributed by atoms with Crippen molar-refractivity contribution in [2.24, 2.45) is 0 Å². The van der Waals surface area contributed by atoms with E-state index in [2.05, 4.69) is 10.4 Å². The van der Waals surface area contributed by atoms with Crippen molar-refractivity contribution in [1.82, 2.24) is 15.1 Å². The van der Waals surface area contributed by atoms with Crippen molar-refractivity contribution in [3.63, 3.8) is 0 Å². The molecule has 176 valence electrons. The number of alkyl halides is 3. The molecule has 0 radical (unpaired) electrons. The fraction of sp³-hybridized carbons (Fsp3) is 0.174. The van der Waals surface area contributed by atoms with Crippen molar-refractivity contribution in [2.45, 2.75) is 19.0 Å². The Morgan fingerprint density at radius 1 is 1.24 bits per heavy atom. The summed E-state index contributed by atoms with van der Waals surface area (Å²) >= 11 is 5.58. The van der Waals surface area contributed by atoms with E-state index in [1.807, 2.05) is 6.07 Å². The number of nitriles is 1. The van der Waals surface area contributed by atoms with Crippen molar-refractivity contribution >= 4 is 29.4 Å². The lowest BCUT2D eigenvalue weighted by Gasteiger charge is -2.09. The molecule has 0 unspecified atom stereocenters. The molecule has 34 heavy (non-hydrogen) atoms. The van der Waals surface area contributed by atoms with Gasteiger partial charge < -0.3 is 11.1 Å². The van der Waals surface area contributed by atoms with Crippen LogP contribution < -0.4 is 11.1 Å². The van der Waals surface area contributed by atoms with Crippen LogP contribution in [0.2, 0.25) is 5.02 Å². The van der Waals surface area contributed by atoms with Crippen LogP contribution in [0.1, 0.15) is 28.8 Å². The van der Waals surface area contributed by atoms with Gasteiger partial charge in [-0.3, -0.25) is 4.79 Å². The van der Waals surface area contributed by atoms with Crippen LogP contribution in [-0.4, -0.2) is 22.2 Å². The summed E-state index contributed by atoms with van der Waals surface area (Å²) < 4.78 is 53.3. The first-order valence-corrected chi connectivity index (χ1v) is 10.3. The van der Waals surface area contributed by atoms with Gasteiger partial charge in [-0.25, -0.2) is 9.07 Å². The van der Waals surface area contributed by atoms with Crippen molar-refractivity contribution < 1.29 is 22.4 Å². The van der Waals surface area contributed by atoms with Crippen molar-refractivity contribution in [2.75, 3.05) is 12.3 Å². The normalized spacial score (nSPS) is 11.5. The highest BCUT2D eigenvalue weighted by atomic mass is 35.5. The summed E-state index contributed by atoms with van der Waals surface area (Å²) in [5.74, 6) is -0.797. The molecule has 11 heteroatoms. The van der Waals surface area contributed by atoms with Gasteiger partial charge in [-0.1, -0.05) is 17.7 Å². The number of anilines is 1. The highest BCUT2D eigenvalue weighted by Crippen LogP contribution is 2.35. The Morgan fingerprint density at radius 3 is 2.59 bits per heavy atom. The molecule has 0 atom stereocenters. The third-order valence-electron chi connectivity index (χ3n) is 4.79. The van der Waals surface area contributed by atoms with Gasteiger partial charge in [0, 0.05) is 12.6 Å². The van der Waals surface area contributed by atoms with Crippen LogP contribution in [0.3, 0.4) is 0 Å². The van der Waals surface area contributed by atoms with Gasteiger partial charge in [-0.05, 0) is 60.9 Å². The van der Waals surface area contributed by atoms with Crippen LogP contribution in [0, 0.1) is 17.1 Å². The maximum absolute atomic E-state index is 13.2. The summed E-state index contributed by atoms with van der Waals surface area (Å²) in [7, 11) is 0. The zero-order chi connectivity index (χ0) is 24.9. The third kappa shape index (κ3) is 5.94. The number of aromatic nitrogens is 2. The molecule has 0 saturated carbocycles. The number of hydrogen-bond donors (Lipinski definition) is 2. The summed E-state index contributed by atoms with van der Waals surface area (Å²) in [6.07, 6.45) is -1.48. The number of nitrogens with two attached hydrogens (primary N) is 1. The SMILES string of the molecule is N#Cc1c(CCCNC(=O)C=Cc2ccc(Cl)c(C(F)(F)F)c2)nn(-c2ccc(F)cc2)c1N. The highest BCUT2D eigenvalue weighted by Gasteiger charge is 2.33. The lowest BCUT2D eigenvalue weighted by Crippen LogP contribution is -2.22. The summed E-state index contributed by atoms with van der Waals surface area (Å²) in [5.41, 5.74) is 6.31. The molecule has 6 nitrogen and oxygen atoms in total. The monoisotopic (exact) mass is 491 g/mol. The topological polar surface area (TPSA) is 96.7 Å². The molecule has 0 fully saturated rings. The molecule has 0 bridgehead atoms. The predicted molar refractivity (Wildman–Crippen MR) is 119 cm³/mol. The summed E-state index contributed by atoms with van der Waals surface area (Å²) in [6, 6.07) is 10.8. The molecular formula is C23H18ClF4N5O. The number of rotatable bonds is 7. The van der Waals surface area contributed by atoms with Gasteiger partial charge in [-0.15, -0.1) is 0 Å². The average molecular weight is 492 g/mol. The van der Waals surface area contributed by atoms with E-state index in [9.17, 15) is 27.6 Å². The van der Waals surface area contributed by atoms with Gasteiger partial charge >= 0.3 is 6.18 Å². The Morgan fingerprint density at radius 2 is 1.94 bits per heavy atom. The van der Waals surface area contributed by atoms with Crippen molar-refractivity contribution in [3.8, 4) is 11.8 Å². The maximum Gasteiger partial charge on any atom is 0.417 e. The number of nitrogens with zero attached hydrogens (tertiary/aromatic N) is 3. The Kier molecular flexibility index (Phi) is 7.58. The molecule has 1 aromatic heterocycles. The highest BCUT2D eigenvalue weighted by molar-refractivity contribution is 6.31. The van der Waals surface area contributed by atoms with E-state index in [0.717, 1.165) is 18.2 Å². The quantitative estimate of drug-likeness (QED) is 0.279. The lowest BCUT2D eigenvalue weighted by molar-refractivity contribution is -0.137. The van der Waals surface area contributed by atoms with Gasteiger partial charge in [0.15, 0.2) is 0 Å². The van der Waals surface area contributed by atoms with Gasteiger partial charge in [0.1, 0.15) is 23.3 Å². The van der Waals surface area contributed by atoms with Gasteiger partial charge in [0.05, 0.1) is 22.0 Å². The van der Waals surface area contributed by atoms with Crippen molar-refractivity contribution in [1.29, 1.82) is 5.26 Å². The molecule has 0 aliphatic carbocycles. The largest absolute Gasteiger partial charge is 0.417 e. The molecule has 0 spiro atoms. The first-order valence-electron chi connectivity index (χ1n) is 9.96. The molecule has 3 rings (SSSR count). The van der Waals surface area contributed by atoms with Crippen LogP contribution in [0.25, 0.3) is 11.8 Å². The first-order chi connectivity index (χ1) is 16.1. The number of aryl methyl sites for hydroxylation is 1. The Hall–Kier alpha value is -3.84. The number of carbonyl (C=O) groups is 1. The number of carbonyl (C=O) groups excluding carboxylic acids is 1.